The van der Waals surface area contributed by atoms with Crippen molar-refractivity contribution in [3.05, 3.63) is 90.0 Å². The maximum Gasteiger partial charge on any atom is 0.163 e. The van der Waals surface area contributed by atoms with E-state index in [2.05, 4.69) is 4.98 Å². The number of benzene rings is 2. The van der Waals surface area contributed by atoms with Gasteiger partial charge in [0.25, 0.3) is 0 Å². The summed E-state index contributed by atoms with van der Waals surface area (Å²) in [6.45, 7) is 0.393. The van der Waals surface area contributed by atoms with Crippen molar-refractivity contribution in [2.24, 2.45) is 0 Å². The lowest BCUT2D eigenvalue weighted by Gasteiger charge is -2.40. The number of hydrogen-bond donors (Lipinski definition) is 1. The maximum absolute atomic E-state index is 12.3. The second-order valence-corrected chi connectivity index (χ2v) is 6.63. The minimum atomic E-state index is -1.11. The molecular weight excluding hydrogens is 312 g/mol. The highest BCUT2D eigenvalue weighted by atomic mass is 16.3. The van der Waals surface area contributed by atoms with E-state index >= 15 is 0 Å². The number of ketones is 1. The van der Waals surface area contributed by atoms with Crippen molar-refractivity contribution in [2.75, 3.05) is 0 Å². The zero-order chi connectivity index (χ0) is 17.3. The Morgan fingerprint density at radius 3 is 2.64 bits per heavy atom. The highest BCUT2D eigenvalue weighted by Crippen LogP contribution is 2.45. The summed E-state index contributed by atoms with van der Waals surface area (Å²) in [5.74, 6) is 0.0103. The summed E-state index contributed by atoms with van der Waals surface area (Å²) in [6, 6.07) is 17.4. The fraction of sp³-hybridized carbons (Fsp3) is 0.238. The Morgan fingerprint density at radius 2 is 1.88 bits per heavy atom. The third-order valence-corrected chi connectivity index (χ3v) is 5.13. The summed E-state index contributed by atoms with van der Waals surface area (Å²) in [6.07, 6.45) is 6.38. The average molecular weight is 332 g/mol. The minimum absolute atomic E-state index is 0.147. The largest absolute Gasteiger partial charge is 0.383 e. The zero-order valence-corrected chi connectivity index (χ0v) is 13.9. The SMILES string of the molecule is O=C1CCC([C@@](O)(Cn2ccnc2)c2ccccc2)c2ccccc21. The van der Waals surface area contributed by atoms with Gasteiger partial charge < -0.3 is 9.67 Å². The zero-order valence-electron chi connectivity index (χ0n) is 13.9. The van der Waals surface area contributed by atoms with Crippen LogP contribution in [0.25, 0.3) is 0 Å². The van der Waals surface area contributed by atoms with Crippen LogP contribution < -0.4 is 0 Å². The van der Waals surface area contributed by atoms with Crippen LogP contribution >= 0.6 is 0 Å². The Kier molecular flexibility index (Phi) is 3.98. The monoisotopic (exact) mass is 332 g/mol. The molecule has 3 aromatic rings. The van der Waals surface area contributed by atoms with Crippen molar-refractivity contribution >= 4 is 5.78 Å². The van der Waals surface area contributed by atoms with Gasteiger partial charge in [-0.15, -0.1) is 0 Å². The van der Waals surface area contributed by atoms with Crippen LogP contribution in [0.4, 0.5) is 0 Å². The molecule has 1 aliphatic carbocycles. The van der Waals surface area contributed by atoms with E-state index in [1.54, 1.807) is 12.5 Å². The molecule has 2 atom stereocenters. The molecule has 1 aromatic heterocycles. The Bertz CT molecular complexity index is 874. The molecule has 126 valence electrons. The van der Waals surface area contributed by atoms with E-state index in [-0.39, 0.29) is 11.7 Å². The number of fused-ring (bicyclic) bond motifs is 1. The molecule has 4 nitrogen and oxygen atoms in total. The number of imidazole rings is 1. The van der Waals surface area contributed by atoms with E-state index in [1.807, 2.05) is 65.4 Å². The molecule has 1 aliphatic rings. The Balaban J connectivity index is 1.84. The third-order valence-electron chi connectivity index (χ3n) is 5.13. The summed E-state index contributed by atoms with van der Waals surface area (Å²) < 4.78 is 1.89. The van der Waals surface area contributed by atoms with Gasteiger partial charge in [0, 0.05) is 30.3 Å². The fourth-order valence-corrected chi connectivity index (χ4v) is 3.90. The molecule has 1 N–H and O–H groups in total. The lowest BCUT2D eigenvalue weighted by Crippen LogP contribution is -2.40. The molecule has 0 saturated carbocycles. The molecule has 1 unspecified atom stereocenters. The van der Waals surface area contributed by atoms with Gasteiger partial charge in [-0.3, -0.25) is 4.79 Å². The Labute approximate surface area is 146 Å². The van der Waals surface area contributed by atoms with Gasteiger partial charge in [-0.1, -0.05) is 54.6 Å². The van der Waals surface area contributed by atoms with E-state index in [9.17, 15) is 9.90 Å². The van der Waals surface area contributed by atoms with Gasteiger partial charge in [-0.2, -0.15) is 0 Å². The molecule has 0 fully saturated rings. The first-order valence-corrected chi connectivity index (χ1v) is 8.54. The van der Waals surface area contributed by atoms with Crippen LogP contribution in [0, 0.1) is 0 Å². The number of aromatic nitrogens is 2. The van der Waals surface area contributed by atoms with Crippen LogP contribution in [0.15, 0.2) is 73.3 Å². The van der Waals surface area contributed by atoms with Crippen molar-refractivity contribution in [1.82, 2.24) is 9.55 Å². The number of carbonyl (C=O) groups excluding carboxylic acids is 1. The van der Waals surface area contributed by atoms with Crippen molar-refractivity contribution < 1.29 is 9.90 Å². The molecular formula is C21H20N2O2. The second-order valence-electron chi connectivity index (χ2n) is 6.63. The van der Waals surface area contributed by atoms with Gasteiger partial charge in [0.15, 0.2) is 5.78 Å². The highest BCUT2D eigenvalue weighted by molar-refractivity contribution is 5.98. The van der Waals surface area contributed by atoms with Crippen LogP contribution in [0.5, 0.6) is 0 Å². The first-order chi connectivity index (χ1) is 12.2. The molecule has 4 rings (SSSR count). The lowest BCUT2D eigenvalue weighted by atomic mass is 9.70. The summed E-state index contributed by atoms with van der Waals surface area (Å²) in [5.41, 5.74) is 1.42. The number of aliphatic hydroxyl groups is 1. The quantitative estimate of drug-likeness (QED) is 0.795. The van der Waals surface area contributed by atoms with Crippen molar-refractivity contribution in [3.8, 4) is 0 Å². The first kappa shape index (κ1) is 15.8. The summed E-state index contributed by atoms with van der Waals surface area (Å²) >= 11 is 0. The van der Waals surface area contributed by atoms with Crippen LogP contribution in [-0.2, 0) is 12.1 Å². The van der Waals surface area contributed by atoms with E-state index in [1.165, 1.54) is 0 Å². The van der Waals surface area contributed by atoms with Crippen molar-refractivity contribution in [3.63, 3.8) is 0 Å². The molecule has 0 amide bonds. The van der Waals surface area contributed by atoms with Crippen LogP contribution in [0.3, 0.4) is 0 Å². The number of nitrogens with zero attached hydrogens (tertiary/aromatic N) is 2. The summed E-state index contributed by atoms with van der Waals surface area (Å²) in [5, 5.41) is 11.9. The number of carbonyl (C=O) groups is 1. The first-order valence-electron chi connectivity index (χ1n) is 8.54. The van der Waals surface area contributed by atoms with Crippen molar-refractivity contribution in [1.29, 1.82) is 0 Å². The third kappa shape index (κ3) is 2.79. The van der Waals surface area contributed by atoms with E-state index in [0.29, 0.717) is 19.4 Å². The number of hydrogen-bond acceptors (Lipinski definition) is 3. The Hall–Kier alpha value is -2.72. The maximum atomic E-state index is 12.3. The molecule has 25 heavy (non-hydrogen) atoms. The van der Waals surface area contributed by atoms with Crippen LogP contribution in [0.1, 0.15) is 40.2 Å². The van der Waals surface area contributed by atoms with E-state index in [4.69, 9.17) is 0 Å². The van der Waals surface area contributed by atoms with Crippen LogP contribution in [0.2, 0.25) is 0 Å². The molecule has 0 saturated heterocycles. The molecule has 2 aromatic carbocycles. The van der Waals surface area contributed by atoms with E-state index < -0.39 is 5.60 Å². The van der Waals surface area contributed by atoms with Gasteiger partial charge in [0.2, 0.25) is 0 Å². The smallest absolute Gasteiger partial charge is 0.163 e. The van der Waals surface area contributed by atoms with Gasteiger partial charge in [-0.25, -0.2) is 4.98 Å². The Morgan fingerprint density at radius 1 is 1.12 bits per heavy atom. The lowest BCUT2D eigenvalue weighted by molar-refractivity contribution is -0.0144. The summed E-state index contributed by atoms with van der Waals surface area (Å²) in [4.78, 5) is 16.4. The van der Waals surface area contributed by atoms with Gasteiger partial charge in [-0.05, 0) is 17.5 Å². The van der Waals surface area contributed by atoms with Gasteiger partial charge >= 0.3 is 0 Å². The van der Waals surface area contributed by atoms with Gasteiger partial charge in [0.1, 0.15) is 5.60 Å². The standard InChI is InChI=1S/C21H20N2O2/c24-20-11-10-19(17-8-4-5-9-18(17)20)21(25,14-23-13-12-22-15-23)16-6-2-1-3-7-16/h1-9,12-13,15,19,25H,10-11,14H2/t19?,21-/m1/s1. The predicted octanol–water partition coefficient (Wildman–Crippen LogP) is 3.53. The topological polar surface area (TPSA) is 55.1 Å². The highest BCUT2D eigenvalue weighted by Gasteiger charge is 2.43. The van der Waals surface area contributed by atoms with Gasteiger partial charge in [0.05, 0.1) is 12.9 Å². The number of Topliss-reactive ketones (excluding diaryl/α,β-unsaturated/α-hetero) is 1. The van der Waals surface area contributed by atoms with E-state index in [0.717, 1.165) is 16.7 Å². The molecule has 0 spiro atoms. The molecule has 0 radical (unpaired) electrons. The number of rotatable bonds is 4. The summed E-state index contributed by atoms with van der Waals surface area (Å²) in [7, 11) is 0. The predicted molar refractivity (Wildman–Crippen MR) is 95.3 cm³/mol. The van der Waals surface area contributed by atoms with Crippen molar-refractivity contribution in [2.45, 2.75) is 30.9 Å². The fourth-order valence-electron chi connectivity index (χ4n) is 3.90. The second kappa shape index (κ2) is 6.30. The molecule has 1 heterocycles. The molecule has 4 heteroatoms. The molecule has 0 aliphatic heterocycles. The molecule has 0 bridgehead atoms. The minimum Gasteiger partial charge on any atom is -0.383 e. The average Bonchev–Trinajstić information content (AvgIpc) is 3.15. The van der Waals surface area contributed by atoms with Crippen LogP contribution in [-0.4, -0.2) is 20.4 Å². The normalized spacial score (nSPS) is 19.2.